The summed E-state index contributed by atoms with van der Waals surface area (Å²) in [7, 11) is 1.59. The molecule has 0 fully saturated rings. The van der Waals surface area contributed by atoms with Crippen LogP contribution in [0.15, 0.2) is 18.2 Å². The van der Waals surface area contributed by atoms with Crippen molar-refractivity contribution >= 4 is 45.8 Å². The van der Waals surface area contributed by atoms with Crippen molar-refractivity contribution in [1.29, 1.82) is 0 Å². The SMILES string of the molecule is CCCSC(=S)Oc1ccc(-c2nc(OC)c(NC(CC)CC)nc2C)c(Cl)c1. The molecule has 1 N–H and O–H groups in total. The van der Waals surface area contributed by atoms with Crippen molar-refractivity contribution in [2.24, 2.45) is 0 Å². The topological polar surface area (TPSA) is 56.3 Å². The number of nitrogens with one attached hydrogen (secondary N) is 1. The number of methoxy groups -OCH3 is 1. The van der Waals surface area contributed by atoms with Crippen LogP contribution in [-0.4, -0.2) is 33.3 Å². The molecule has 0 spiro atoms. The molecule has 0 aliphatic heterocycles. The van der Waals surface area contributed by atoms with E-state index in [1.54, 1.807) is 13.2 Å². The van der Waals surface area contributed by atoms with E-state index < -0.39 is 0 Å². The molecule has 0 amide bonds. The Bertz CT molecular complexity index is 845. The molecule has 2 aromatic rings. The summed E-state index contributed by atoms with van der Waals surface area (Å²) < 4.78 is 11.7. The fourth-order valence-electron chi connectivity index (χ4n) is 2.74. The van der Waals surface area contributed by atoms with Crippen molar-refractivity contribution in [1.82, 2.24) is 9.97 Å². The van der Waals surface area contributed by atoms with E-state index in [1.165, 1.54) is 11.8 Å². The molecule has 0 bridgehead atoms. The molecule has 0 aliphatic carbocycles. The lowest BCUT2D eigenvalue weighted by Crippen LogP contribution is -2.19. The van der Waals surface area contributed by atoms with E-state index in [0.29, 0.717) is 38.6 Å². The van der Waals surface area contributed by atoms with Crippen molar-refractivity contribution < 1.29 is 9.47 Å². The molecule has 1 aromatic carbocycles. The van der Waals surface area contributed by atoms with Gasteiger partial charge < -0.3 is 14.8 Å². The molecule has 0 saturated heterocycles. The van der Waals surface area contributed by atoms with Crippen LogP contribution < -0.4 is 14.8 Å². The maximum Gasteiger partial charge on any atom is 0.257 e. The Morgan fingerprint density at radius 2 is 1.97 bits per heavy atom. The molecule has 2 rings (SSSR count). The maximum absolute atomic E-state index is 6.53. The summed E-state index contributed by atoms with van der Waals surface area (Å²) in [5.41, 5.74) is 2.21. The van der Waals surface area contributed by atoms with E-state index >= 15 is 0 Å². The molecule has 1 heterocycles. The first-order valence-electron chi connectivity index (χ1n) is 9.77. The minimum Gasteiger partial charge on any atom is -0.478 e. The van der Waals surface area contributed by atoms with Crippen molar-refractivity contribution in [3.8, 4) is 22.9 Å². The summed E-state index contributed by atoms with van der Waals surface area (Å²) >= 11 is 13.3. The van der Waals surface area contributed by atoms with Crippen LogP contribution in [0, 0.1) is 6.92 Å². The maximum atomic E-state index is 6.53. The number of nitrogens with zero attached hydrogens (tertiary/aromatic N) is 2. The normalized spacial score (nSPS) is 10.9. The first-order valence-corrected chi connectivity index (χ1v) is 11.5. The molecule has 29 heavy (non-hydrogen) atoms. The molecule has 0 atom stereocenters. The lowest BCUT2D eigenvalue weighted by atomic mass is 10.1. The molecule has 0 radical (unpaired) electrons. The molecular weight excluding hydrogens is 426 g/mol. The molecule has 5 nitrogen and oxygen atoms in total. The standard InChI is InChI=1S/C21H28ClN3O2S2/c1-6-11-29-21(28)27-15-9-10-16(17(22)12-15)18-13(4)23-19(20(25-18)26-5)24-14(7-2)8-3/h9-10,12,14H,6-8,11H2,1-5H3,(H,23,24). The van der Waals surface area contributed by atoms with Gasteiger partial charge in [0.1, 0.15) is 5.75 Å². The lowest BCUT2D eigenvalue weighted by Gasteiger charge is -2.19. The number of rotatable bonds is 9. The van der Waals surface area contributed by atoms with E-state index in [9.17, 15) is 0 Å². The van der Waals surface area contributed by atoms with Gasteiger partial charge in [0.05, 0.1) is 23.5 Å². The van der Waals surface area contributed by atoms with Crippen molar-refractivity contribution in [2.45, 2.75) is 53.0 Å². The highest BCUT2D eigenvalue weighted by Gasteiger charge is 2.18. The van der Waals surface area contributed by atoms with Crippen LogP contribution in [0.25, 0.3) is 11.3 Å². The van der Waals surface area contributed by atoms with Gasteiger partial charge in [-0.3, -0.25) is 0 Å². The van der Waals surface area contributed by atoms with Crippen LogP contribution in [0.5, 0.6) is 11.6 Å². The Morgan fingerprint density at radius 3 is 2.55 bits per heavy atom. The zero-order valence-electron chi connectivity index (χ0n) is 17.5. The smallest absolute Gasteiger partial charge is 0.257 e. The minimum absolute atomic E-state index is 0.317. The number of aryl methyl sites for hydroxylation is 1. The number of thiocarbonyl (C=S) groups is 1. The van der Waals surface area contributed by atoms with Crippen LogP contribution in [0.4, 0.5) is 5.82 Å². The van der Waals surface area contributed by atoms with Gasteiger partial charge in [0.2, 0.25) is 4.38 Å². The summed E-state index contributed by atoms with van der Waals surface area (Å²) in [6.45, 7) is 8.29. The van der Waals surface area contributed by atoms with Gasteiger partial charge in [0.25, 0.3) is 5.88 Å². The van der Waals surface area contributed by atoms with Crippen LogP contribution in [0.3, 0.4) is 0 Å². The van der Waals surface area contributed by atoms with E-state index in [1.807, 2.05) is 19.1 Å². The Kier molecular flexibility index (Phi) is 9.46. The third-order valence-electron chi connectivity index (χ3n) is 4.38. The van der Waals surface area contributed by atoms with Crippen LogP contribution in [-0.2, 0) is 0 Å². The van der Waals surface area contributed by atoms with E-state index in [-0.39, 0.29) is 0 Å². The molecule has 1 aromatic heterocycles. The van der Waals surface area contributed by atoms with E-state index in [2.05, 4.69) is 36.1 Å². The monoisotopic (exact) mass is 453 g/mol. The van der Waals surface area contributed by atoms with Gasteiger partial charge in [-0.1, -0.05) is 44.1 Å². The molecule has 158 valence electrons. The van der Waals surface area contributed by atoms with Gasteiger partial charge in [-0.25, -0.2) is 9.97 Å². The highest BCUT2D eigenvalue weighted by molar-refractivity contribution is 8.22. The highest BCUT2D eigenvalue weighted by atomic mass is 35.5. The lowest BCUT2D eigenvalue weighted by molar-refractivity contribution is 0.397. The van der Waals surface area contributed by atoms with Gasteiger partial charge in [-0.2, -0.15) is 0 Å². The Balaban J connectivity index is 2.30. The van der Waals surface area contributed by atoms with Gasteiger partial charge in [-0.05, 0) is 50.5 Å². The summed E-state index contributed by atoms with van der Waals surface area (Å²) in [6, 6.07) is 5.77. The number of hydrogen-bond acceptors (Lipinski definition) is 7. The third kappa shape index (κ3) is 6.46. The average Bonchev–Trinajstić information content (AvgIpc) is 2.71. The largest absolute Gasteiger partial charge is 0.478 e. The van der Waals surface area contributed by atoms with Gasteiger partial charge in [0, 0.05) is 23.4 Å². The highest BCUT2D eigenvalue weighted by Crippen LogP contribution is 2.35. The summed E-state index contributed by atoms with van der Waals surface area (Å²) in [5.74, 6) is 2.64. The second-order valence-corrected chi connectivity index (χ2v) is 8.62. The zero-order chi connectivity index (χ0) is 21.4. The average molecular weight is 454 g/mol. The van der Waals surface area contributed by atoms with Crippen molar-refractivity contribution in [3.05, 3.63) is 28.9 Å². The molecule has 0 aliphatic rings. The second-order valence-electron chi connectivity index (χ2n) is 6.52. The molecule has 8 heteroatoms. The van der Waals surface area contributed by atoms with Gasteiger partial charge >= 0.3 is 0 Å². The number of anilines is 1. The number of thioether (sulfide) groups is 1. The summed E-state index contributed by atoms with van der Waals surface area (Å²) in [6.07, 6.45) is 3.03. The number of ether oxygens (including phenoxy) is 2. The first-order chi connectivity index (χ1) is 13.9. The number of halogens is 1. The third-order valence-corrected chi connectivity index (χ3v) is 6.06. The van der Waals surface area contributed by atoms with Crippen LogP contribution in [0.2, 0.25) is 5.02 Å². The van der Waals surface area contributed by atoms with E-state index in [0.717, 1.165) is 36.3 Å². The fourth-order valence-corrected chi connectivity index (χ4v) is 3.88. The van der Waals surface area contributed by atoms with Crippen molar-refractivity contribution in [2.75, 3.05) is 18.2 Å². The quantitative estimate of drug-likeness (QED) is 0.433. The van der Waals surface area contributed by atoms with Gasteiger partial charge in [0.15, 0.2) is 5.82 Å². The predicted octanol–water partition coefficient (Wildman–Crippen LogP) is 6.52. The van der Waals surface area contributed by atoms with E-state index in [4.69, 9.17) is 33.3 Å². The first kappa shape index (κ1) is 23.7. The Labute approximate surface area is 188 Å². The fraction of sp³-hybridized carbons (Fsp3) is 0.476. The predicted molar refractivity (Wildman–Crippen MR) is 128 cm³/mol. The second kappa shape index (κ2) is 11.6. The zero-order valence-corrected chi connectivity index (χ0v) is 19.9. The molecular formula is C21H28ClN3O2S2. The number of hydrogen-bond donors (Lipinski definition) is 1. The van der Waals surface area contributed by atoms with Crippen molar-refractivity contribution in [3.63, 3.8) is 0 Å². The van der Waals surface area contributed by atoms with Crippen LogP contribution in [0.1, 0.15) is 45.7 Å². The molecule has 0 unspecified atom stereocenters. The minimum atomic E-state index is 0.317. The Hall–Kier alpha value is -1.57. The summed E-state index contributed by atoms with van der Waals surface area (Å²) in [4.78, 5) is 9.36. The number of benzene rings is 1. The van der Waals surface area contributed by atoms with Gasteiger partial charge in [-0.15, -0.1) is 0 Å². The van der Waals surface area contributed by atoms with Crippen LogP contribution >= 0.6 is 35.6 Å². The number of aromatic nitrogens is 2. The Morgan fingerprint density at radius 1 is 1.24 bits per heavy atom. The molecule has 0 saturated carbocycles. The summed E-state index contributed by atoms with van der Waals surface area (Å²) in [5, 5.41) is 3.93.